The Morgan fingerprint density at radius 2 is 1.86 bits per heavy atom. The summed E-state index contributed by atoms with van der Waals surface area (Å²) >= 11 is 6.55. The average Bonchev–Trinajstić information content (AvgIpc) is 2.42. The van der Waals surface area contributed by atoms with Crippen molar-refractivity contribution in [1.29, 1.82) is 5.26 Å². The highest BCUT2D eigenvalue weighted by molar-refractivity contribution is 9.11. The Morgan fingerprint density at radius 3 is 2.48 bits per heavy atom. The van der Waals surface area contributed by atoms with Crippen LogP contribution in [0.15, 0.2) is 50.2 Å². The van der Waals surface area contributed by atoms with E-state index in [9.17, 15) is 8.42 Å². The highest BCUT2D eigenvalue weighted by atomic mass is 79.9. The lowest BCUT2D eigenvalue weighted by atomic mass is 10.2. The molecule has 0 radical (unpaired) electrons. The van der Waals surface area contributed by atoms with E-state index in [2.05, 4.69) is 36.6 Å². The SMILES string of the molecule is N#Cc1ccc(S(=O)(=O)Nc2cc(Br)ccc2Br)c(N)c1. The van der Waals surface area contributed by atoms with E-state index in [1.807, 2.05) is 6.07 Å². The summed E-state index contributed by atoms with van der Waals surface area (Å²) in [6.07, 6.45) is 0. The van der Waals surface area contributed by atoms with Gasteiger partial charge >= 0.3 is 0 Å². The van der Waals surface area contributed by atoms with Crippen molar-refractivity contribution in [3.05, 3.63) is 50.9 Å². The van der Waals surface area contributed by atoms with Gasteiger partial charge in [0.15, 0.2) is 0 Å². The van der Waals surface area contributed by atoms with Gasteiger partial charge in [-0.15, -0.1) is 0 Å². The van der Waals surface area contributed by atoms with E-state index in [4.69, 9.17) is 11.0 Å². The Kier molecular flexibility index (Phi) is 4.56. The van der Waals surface area contributed by atoms with Gasteiger partial charge in [0.25, 0.3) is 10.0 Å². The first-order valence-corrected chi connectivity index (χ1v) is 8.68. The zero-order valence-corrected chi connectivity index (χ0v) is 14.5. The van der Waals surface area contributed by atoms with Crippen molar-refractivity contribution in [2.45, 2.75) is 4.90 Å². The number of sulfonamides is 1. The molecule has 0 saturated heterocycles. The van der Waals surface area contributed by atoms with Crippen LogP contribution in [-0.2, 0) is 10.0 Å². The lowest BCUT2D eigenvalue weighted by Gasteiger charge is -2.12. The summed E-state index contributed by atoms with van der Waals surface area (Å²) in [6.45, 7) is 0. The van der Waals surface area contributed by atoms with Crippen LogP contribution in [0.3, 0.4) is 0 Å². The van der Waals surface area contributed by atoms with Gasteiger partial charge in [0.05, 0.1) is 23.0 Å². The lowest BCUT2D eigenvalue weighted by molar-refractivity contribution is 0.601. The van der Waals surface area contributed by atoms with E-state index in [1.165, 1.54) is 18.2 Å². The zero-order chi connectivity index (χ0) is 15.6. The summed E-state index contributed by atoms with van der Waals surface area (Å²) in [5.74, 6) is 0. The summed E-state index contributed by atoms with van der Waals surface area (Å²) in [7, 11) is -3.84. The van der Waals surface area contributed by atoms with E-state index >= 15 is 0 Å². The monoisotopic (exact) mass is 429 g/mol. The zero-order valence-electron chi connectivity index (χ0n) is 10.5. The number of nitrogen functional groups attached to an aromatic ring is 1. The Labute approximate surface area is 139 Å². The first kappa shape index (κ1) is 15.8. The summed E-state index contributed by atoms with van der Waals surface area (Å²) < 4.78 is 28.5. The maximum Gasteiger partial charge on any atom is 0.263 e. The highest BCUT2D eigenvalue weighted by Gasteiger charge is 2.19. The smallest absolute Gasteiger partial charge is 0.263 e. The number of hydrogen-bond donors (Lipinski definition) is 2. The normalized spacial score (nSPS) is 10.9. The number of nitrogens with two attached hydrogens (primary N) is 1. The molecule has 0 bridgehead atoms. The molecule has 8 heteroatoms. The van der Waals surface area contributed by atoms with Crippen molar-refractivity contribution < 1.29 is 8.42 Å². The number of nitrogens with zero attached hydrogens (tertiary/aromatic N) is 1. The van der Waals surface area contributed by atoms with E-state index in [0.29, 0.717) is 15.7 Å². The number of halogens is 2. The second kappa shape index (κ2) is 6.05. The molecule has 0 amide bonds. The second-order valence-corrected chi connectivity index (χ2v) is 7.51. The second-order valence-electron chi connectivity index (χ2n) is 4.09. The summed E-state index contributed by atoms with van der Waals surface area (Å²) in [6, 6.07) is 11.1. The predicted octanol–water partition coefficient (Wildman–Crippen LogP) is 3.47. The molecule has 5 nitrogen and oxygen atoms in total. The largest absolute Gasteiger partial charge is 0.398 e. The Balaban J connectivity index is 2.44. The van der Waals surface area contributed by atoms with Crippen LogP contribution in [0.5, 0.6) is 0 Å². The van der Waals surface area contributed by atoms with Gasteiger partial charge < -0.3 is 5.73 Å². The van der Waals surface area contributed by atoms with Gasteiger partial charge in [-0.2, -0.15) is 5.26 Å². The molecule has 2 aromatic carbocycles. The Hall–Kier alpha value is -1.56. The number of nitrogens with one attached hydrogen (secondary N) is 1. The maximum absolute atomic E-state index is 12.4. The maximum atomic E-state index is 12.4. The molecule has 0 fully saturated rings. The molecule has 0 aliphatic carbocycles. The number of rotatable bonds is 3. The van der Waals surface area contributed by atoms with E-state index in [-0.39, 0.29) is 10.6 Å². The number of hydrogen-bond acceptors (Lipinski definition) is 4. The third kappa shape index (κ3) is 3.56. The first-order chi connectivity index (χ1) is 9.83. The quantitative estimate of drug-likeness (QED) is 0.728. The third-order valence-corrected chi connectivity index (χ3v) is 5.23. The molecule has 2 rings (SSSR count). The van der Waals surface area contributed by atoms with E-state index in [1.54, 1.807) is 18.2 Å². The average molecular weight is 431 g/mol. The molecule has 0 aromatic heterocycles. The third-order valence-electron chi connectivity index (χ3n) is 2.60. The van der Waals surface area contributed by atoms with Gasteiger partial charge in [-0.05, 0) is 52.3 Å². The first-order valence-electron chi connectivity index (χ1n) is 5.61. The van der Waals surface area contributed by atoms with Crippen molar-refractivity contribution in [2.24, 2.45) is 0 Å². The van der Waals surface area contributed by atoms with Gasteiger partial charge in [0.2, 0.25) is 0 Å². The fraction of sp³-hybridized carbons (Fsp3) is 0. The number of benzene rings is 2. The van der Waals surface area contributed by atoms with Crippen molar-refractivity contribution in [3.63, 3.8) is 0 Å². The molecule has 0 atom stereocenters. The van der Waals surface area contributed by atoms with Gasteiger partial charge in [-0.1, -0.05) is 15.9 Å². The molecule has 2 aromatic rings. The molecular weight excluding hydrogens is 422 g/mol. The molecule has 0 aliphatic heterocycles. The van der Waals surface area contributed by atoms with Crippen LogP contribution in [0, 0.1) is 11.3 Å². The molecule has 108 valence electrons. The summed E-state index contributed by atoms with van der Waals surface area (Å²) in [5.41, 5.74) is 6.42. The minimum absolute atomic E-state index is 0.0210. The summed E-state index contributed by atoms with van der Waals surface area (Å²) in [4.78, 5) is -0.0756. The predicted molar refractivity (Wildman–Crippen MR) is 88.2 cm³/mol. The lowest BCUT2D eigenvalue weighted by Crippen LogP contribution is -2.15. The highest BCUT2D eigenvalue weighted by Crippen LogP contribution is 2.29. The van der Waals surface area contributed by atoms with Crippen molar-refractivity contribution in [2.75, 3.05) is 10.5 Å². The molecule has 0 saturated carbocycles. The Morgan fingerprint density at radius 1 is 1.14 bits per heavy atom. The van der Waals surface area contributed by atoms with Crippen LogP contribution < -0.4 is 10.5 Å². The number of anilines is 2. The van der Waals surface area contributed by atoms with Crippen LogP contribution in [0.25, 0.3) is 0 Å². The minimum Gasteiger partial charge on any atom is -0.398 e. The van der Waals surface area contributed by atoms with Crippen LogP contribution >= 0.6 is 31.9 Å². The standard InChI is InChI=1S/C13H9Br2N3O2S/c14-9-2-3-10(15)12(6-9)18-21(19,20)13-4-1-8(7-16)5-11(13)17/h1-6,18H,17H2. The van der Waals surface area contributed by atoms with E-state index < -0.39 is 10.0 Å². The van der Waals surface area contributed by atoms with Gasteiger partial charge in [-0.3, -0.25) is 4.72 Å². The van der Waals surface area contributed by atoms with E-state index in [0.717, 1.165) is 4.47 Å². The molecule has 3 N–H and O–H groups in total. The molecule has 0 aliphatic rings. The van der Waals surface area contributed by atoms with Crippen LogP contribution in [-0.4, -0.2) is 8.42 Å². The molecule has 0 unspecified atom stereocenters. The topological polar surface area (TPSA) is 96.0 Å². The van der Waals surface area contributed by atoms with Crippen molar-refractivity contribution in [3.8, 4) is 6.07 Å². The molecule has 0 spiro atoms. The minimum atomic E-state index is -3.84. The van der Waals surface area contributed by atoms with Gasteiger partial charge in [-0.25, -0.2) is 8.42 Å². The van der Waals surface area contributed by atoms with Crippen molar-refractivity contribution in [1.82, 2.24) is 0 Å². The number of nitriles is 1. The van der Waals surface area contributed by atoms with Gasteiger partial charge in [0, 0.05) is 8.95 Å². The van der Waals surface area contributed by atoms with Crippen molar-refractivity contribution >= 4 is 53.3 Å². The summed E-state index contributed by atoms with van der Waals surface area (Å²) in [5, 5.41) is 8.78. The fourth-order valence-corrected chi connectivity index (χ4v) is 3.66. The Bertz CT molecular complexity index is 845. The van der Waals surface area contributed by atoms with Crippen LogP contribution in [0.2, 0.25) is 0 Å². The fourth-order valence-electron chi connectivity index (χ4n) is 1.64. The van der Waals surface area contributed by atoms with Crippen LogP contribution in [0.4, 0.5) is 11.4 Å². The van der Waals surface area contributed by atoms with Crippen LogP contribution in [0.1, 0.15) is 5.56 Å². The van der Waals surface area contributed by atoms with Gasteiger partial charge in [0.1, 0.15) is 4.90 Å². The molecular formula is C13H9Br2N3O2S. The molecule has 21 heavy (non-hydrogen) atoms. The molecule has 0 heterocycles.